The Balaban J connectivity index is 1.57. The van der Waals surface area contributed by atoms with Gasteiger partial charge in [-0.2, -0.15) is 0 Å². The smallest absolute Gasteiger partial charge is 0.193 e. The molecule has 2 aliphatic rings. The zero-order chi connectivity index (χ0) is 16.2. The molecule has 6 nitrogen and oxygen atoms in total. The standard InChI is InChI=1S/C17H26N4O2/c1-12(21(2)14-5-6-14)11-19-17(18)20-13-4-7-15-16(10-13)23-9-3-8-22-15/h4,7,10,12,14H,3,5-6,8-9,11H2,1-2H3,(H3,18,19,20). The van der Waals surface area contributed by atoms with Gasteiger partial charge in [0.15, 0.2) is 17.5 Å². The van der Waals surface area contributed by atoms with Crippen LogP contribution in [0.4, 0.5) is 5.69 Å². The minimum atomic E-state index is 0.395. The monoisotopic (exact) mass is 318 g/mol. The van der Waals surface area contributed by atoms with Crippen molar-refractivity contribution in [2.24, 2.45) is 10.7 Å². The van der Waals surface area contributed by atoms with Crippen molar-refractivity contribution in [3.8, 4) is 11.5 Å². The van der Waals surface area contributed by atoms with E-state index in [0.29, 0.717) is 31.8 Å². The summed E-state index contributed by atoms with van der Waals surface area (Å²) in [5.41, 5.74) is 6.86. The van der Waals surface area contributed by atoms with Crippen molar-refractivity contribution in [3.05, 3.63) is 18.2 Å². The summed E-state index contributed by atoms with van der Waals surface area (Å²) in [6.45, 7) is 4.24. The second-order valence-corrected chi connectivity index (χ2v) is 6.31. The summed E-state index contributed by atoms with van der Waals surface area (Å²) in [6, 6.07) is 6.86. The van der Waals surface area contributed by atoms with Crippen LogP contribution in [-0.2, 0) is 0 Å². The average molecular weight is 318 g/mol. The topological polar surface area (TPSA) is 72.1 Å². The Labute approximate surface area is 137 Å². The van der Waals surface area contributed by atoms with Crippen LogP contribution in [0.25, 0.3) is 0 Å². The second-order valence-electron chi connectivity index (χ2n) is 6.31. The number of nitrogens with zero attached hydrogens (tertiary/aromatic N) is 2. The van der Waals surface area contributed by atoms with Gasteiger partial charge < -0.3 is 20.5 Å². The molecule has 0 saturated heterocycles. The average Bonchev–Trinajstić information content (AvgIpc) is 3.38. The van der Waals surface area contributed by atoms with Gasteiger partial charge in [0.2, 0.25) is 0 Å². The summed E-state index contributed by atoms with van der Waals surface area (Å²) < 4.78 is 11.3. The number of guanidine groups is 1. The van der Waals surface area contributed by atoms with E-state index in [0.717, 1.165) is 29.6 Å². The quantitative estimate of drug-likeness (QED) is 0.642. The fourth-order valence-corrected chi connectivity index (χ4v) is 2.63. The number of fused-ring (bicyclic) bond motifs is 1. The summed E-state index contributed by atoms with van der Waals surface area (Å²) in [5, 5.41) is 3.13. The van der Waals surface area contributed by atoms with Crippen molar-refractivity contribution in [3.63, 3.8) is 0 Å². The number of hydrogen-bond donors (Lipinski definition) is 2. The lowest BCUT2D eigenvalue weighted by molar-refractivity contribution is 0.253. The molecule has 0 aromatic heterocycles. The van der Waals surface area contributed by atoms with E-state index in [1.54, 1.807) is 0 Å². The van der Waals surface area contributed by atoms with Gasteiger partial charge in [-0.3, -0.25) is 9.89 Å². The Morgan fingerprint density at radius 2 is 2.09 bits per heavy atom. The molecule has 0 amide bonds. The van der Waals surface area contributed by atoms with Crippen LogP contribution in [0.3, 0.4) is 0 Å². The number of rotatable bonds is 5. The van der Waals surface area contributed by atoms with Crippen LogP contribution in [0, 0.1) is 0 Å². The molecule has 1 aromatic rings. The summed E-state index contributed by atoms with van der Waals surface area (Å²) in [7, 11) is 2.16. The van der Waals surface area contributed by atoms with Gasteiger partial charge in [-0.25, -0.2) is 0 Å². The van der Waals surface area contributed by atoms with E-state index in [1.807, 2.05) is 18.2 Å². The largest absolute Gasteiger partial charge is 0.490 e. The number of likely N-dealkylation sites (N-methyl/N-ethyl adjacent to an activating group) is 1. The molecule has 0 radical (unpaired) electrons. The molecule has 3 rings (SSSR count). The molecule has 1 heterocycles. The lowest BCUT2D eigenvalue weighted by Gasteiger charge is -2.22. The van der Waals surface area contributed by atoms with Gasteiger partial charge in [0.1, 0.15) is 0 Å². The van der Waals surface area contributed by atoms with E-state index >= 15 is 0 Å². The number of benzene rings is 1. The van der Waals surface area contributed by atoms with Gasteiger partial charge >= 0.3 is 0 Å². The Kier molecular flexibility index (Phi) is 4.91. The Bertz CT molecular complexity index is 572. The van der Waals surface area contributed by atoms with Crippen LogP contribution < -0.4 is 20.5 Å². The highest BCUT2D eigenvalue weighted by Gasteiger charge is 2.28. The molecular weight excluding hydrogens is 292 g/mol. The van der Waals surface area contributed by atoms with Gasteiger partial charge in [-0.1, -0.05) is 0 Å². The van der Waals surface area contributed by atoms with E-state index in [1.165, 1.54) is 12.8 Å². The fraction of sp³-hybridized carbons (Fsp3) is 0.588. The van der Waals surface area contributed by atoms with Crippen LogP contribution in [0.1, 0.15) is 26.2 Å². The van der Waals surface area contributed by atoms with E-state index in [4.69, 9.17) is 15.2 Å². The predicted octanol–water partition coefficient (Wildman–Crippen LogP) is 2.06. The minimum absolute atomic E-state index is 0.395. The Hall–Kier alpha value is -1.95. The zero-order valence-corrected chi connectivity index (χ0v) is 13.9. The van der Waals surface area contributed by atoms with E-state index in [-0.39, 0.29) is 0 Å². The third kappa shape index (κ3) is 4.28. The lowest BCUT2D eigenvalue weighted by atomic mass is 10.2. The molecule has 1 atom stereocenters. The summed E-state index contributed by atoms with van der Waals surface area (Å²) in [4.78, 5) is 6.83. The van der Waals surface area contributed by atoms with Crippen LogP contribution >= 0.6 is 0 Å². The number of nitrogens with one attached hydrogen (secondary N) is 1. The fourth-order valence-electron chi connectivity index (χ4n) is 2.63. The molecule has 1 fully saturated rings. The molecule has 3 N–H and O–H groups in total. The van der Waals surface area contributed by atoms with Gasteiger partial charge in [0.05, 0.1) is 19.8 Å². The first-order valence-corrected chi connectivity index (χ1v) is 8.32. The minimum Gasteiger partial charge on any atom is -0.490 e. The highest BCUT2D eigenvalue weighted by molar-refractivity contribution is 5.92. The SMILES string of the molecule is CC(CN=C(N)Nc1ccc2c(c1)OCCCO2)N(C)C1CC1. The molecule has 1 aliphatic heterocycles. The maximum absolute atomic E-state index is 6.00. The van der Waals surface area contributed by atoms with Crippen molar-refractivity contribution in [2.75, 3.05) is 32.1 Å². The van der Waals surface area contributed by atoms with Gasteiger partial charge in [-0.05, 0) is 38.9 Å². The van der Waals surface area contributed by atoms with Gasteiger partial charge in [0.25, 0.3) is 0 Å². The normalized spacial score (nSPS) is 19.3. The highest BCUT2D eigenvalue weighted by atomic mass is 16.5. The van der Waals surface area contributed by atoms with Crippen LogP contribution in [-0.4, -0.2) is 49.7 Å². The maximum Gasteiger partial charge on any atom is 0.193 e. The number of nitrogens with two attached hydrogens (primary N) is 1. The number of anilines is 1. The van der Waals surface area contributed by atoms with Crippen LogP contribution in [0.2, 0.25) is 0 Å². The van der Waals surface area contributed by atoms with E-state index in [2.05, 4.69) is 29.2 Å². The van der Waals surface area contributed by atoms with E-state index < -0.39 is 0 Å². The van der Waals surface area contributed by atoms with E-state index in [9.17, 15) is 0 Å². The molecule has 1 aliphatic carbocycles. The number of ether oxygens (including phenoxy) is 2. The molecular formula is C17H26N4O2. The summed E-state index contributed by atoms with van der Waals surface area (Å²) in [6.07, 6.45) is 3.50. The molecule has 1 aromatic carbocycles. The molecule has 23 heavy (non-hydrogen) atoms. The van der Waals surface area contributed by atoms with Crippen molar-refractivity contribution in [2.45, 2.75) is 38.3 Å². The molecule has 1 unspecified atom stereocenters. The predicted molar refractivity (Wildman–Crippen MR) is 92.4 cm³/mol. The zero-order valence-electron chi connectivity index (χ0n) is 13.9. The van der Waals surface area contributed by atoms with Gasteiger partial charge in [0, 0.05) is 30.3 Å². The lowest BCUT2D eigenvalue weighted by Crippen LogP contribution is -2.34. The van der Waals surface area contributed by atoms with Gasteiger partial charge in [-0.15, -0.1) is 0 Å². The molecule has 1 saturated carbocycles. The third-order valence-corrected chi connectivity index (χ3v) is 4.36. The Morgan fingerprint density at radius 3 is 2.83 bits per heavy atom. The Morgan fingerprint density at radius 1 is 1.35 bits per heavy atom. The van der Waals surface area contributed by atoms with Crippen molar-refractivity contribution < 1.29 is 9.47 Å². The van der Waals surface area contributed by atoms with Crippen molar-refractivity contribution in [1.82, 2.24) is 4.90 Å². The summed E-state index contributed by atoms with van der Waals surface area (Å²) >= 11 is 0. The molecule has 6 heteroatoms. The van der Waals surface area contributed by atoms with Crippen molar-refractivity contribution >= 4 is 11.6 Å². The first-order valence-electron chi connectivity index (χ1n) is 8.32. The second kappa shape index (κ2) is 7.08. The summed E-state index contributed by atoms with van der Waals surface area (Å²) in [5.74, 6) is 1.96. The molecule has 0 spiro atoms. The number of hydrogen-bond acceptors (Lipinski definition) is 4. The molecule has 126 valence electrons. The first kappa shape index (κ1) is 15.9. The van der Waals surface area contributed by atoms with Crippen LogP contribution in [0.5, 0.6) is 11.5 Å². The first-order chi connectivity index (χ1) is 11.1. The number of aliphatic imine (C=N–C) groups is 1. The van der Waals surface area contributed by atoms with Crippen molar-refractivity contribution in [1.29, 1.82) is 0 Å². The highest BCUT2D eigenvalue weighted by Crippen LogP contribution is 2.32. The molecule has 0 bridgehead atoms. The maximum atomic E-state index is 6.00. The van der Waals surface area contributed by atoms with Crippen LogP contribution in [0.15, 0.2) is 23.2 Å². The third-order valence-electron chi connectivity index (χ3n) is 4.36.